The average molecular weight is 350 g/mol. The fraction of sp³-hybridized carbons (Fsp3) is 0.650. The van der Waals surface area contributed by atoms with Gasteiger partial charge in [0.1, 0.15) is 0 Å². The van der Waals surface area contributed by atoms with Gasteiger partial charge in [-0.05, 0) is 63.6 Å². The number of amides is 1. The highest BCUT2D eigenvalue weighted by molar-refractivity contribution is 6.30. The maximum absolute atomic E-state index is 13.0. The SMILES string of the molecule is CC1(C)C[C@](CC(=O)N2CCCCC2)(c2ccc(Cl)cc2)CCO1. The van der Waals surface area contributed by atoms with Crippen LogP contribution in [0.25, 0.3) is 0 Å². The van der Waals surface area contributed by atoms with Crippen molar-refractivity contribution in [3.8, 4) is 0 Å². The third kappa shape index (κ3) is 3.94. The smallest absolute Gasteiger partial charge is 0.223 e. The molecule has 0 unspecified atom stereocenters. The lowest BCUT2D eigenvalue weighted by Gasteiger charge is -2.46. The van der Waals surface area contributed by atoms with Crippen molar-refractivity contribution in [3.63, 3.8) is 0 Å². The molecule has 1 aromatic rings. The first-order valence-electron chi connectivity index (χ1n) is 9.08. The molecule has 2 fully saturated rings. The minimum absolute atomic E-state index is 0.152. The Morgan fingerprint density at radius 2 is 1.83 bits per heavy atom. The van der Waals surface area contributed by atoms with E-state index in [1.54, 1.807) is 0 Å². The predicted molar refractivity (Wildman–Crippen MR) is 97.4 cm³/mol. The molecule has 2 aliphatic heterocycles. The topological polar surface area (TPSA) is 29.5 Å². The monoisotopic (exact) mass is 349 g/mol. The summed E-state index contributed by atoms with van der Waals surface area (Å²) in [5.41, 5.74) is 0.856. The third-order valence-corrected chi connectivity index (χ3v) is 5.74. The first kappa shape index (κ1) is 17.8. The van der Waals surface area contributed by atoms with Crippen molar-refractivity contribution in [3.05, 3.63) is 34.9 Å². The van der Waals surface area contributed by atoms with E-state index in [1.165, 1.54) is 12.0 Å². The quantitative estimate of drug-likeness (QED) is 0.800. The number of nitrogens with zero attached hydrogens (tertiary/aromatic N) is 1. The lowest BCUT2D eigenvalue weighted by Crippen LogP contribution is -2.47. The van der Waals surface area contributed by atoms with Crippen LogP contribution >= 0.6 is 11.6 Å². The van der Waals surface area contributed by atoms with Gasteiger partial charge in [0.05, 0.1) is 5.60 Å². The molecule has 1 aromatic carbocycles. The number of hydrogen-bond donors (Lipinski definition) is 0. The molecule has 1 amide bonds. The summed E-state index contributed by atoms with van der Waals surface area (Å²) in [6.45, 7) is 6.78. The molecule has 0 saturated carbocycles. The summed E-state index contributed by atoms with van der Waals surface area (Å²) < 4.78 is 5.94. The van der Waals surface area contributed by atoms with Crippen LogP contribution < -0.4 is 0 Å². The molecule has 0 aliphatic carbocycles. The Kier molecular flexibility index (Phi) is 5.22. The van der Waals surface area contributed by atoms with Crippen molar-refractivity contribution in [1.82, 2.24) is 4.90 Å². The van der Waals surface area contributed by atoms with E-state index in [1.807, 2.05) is 12.1 Å². The van der Waals surface area contributed by atoms with E-state index in [0.29, 0.717) is 18.9 Å². The van der Waals surface area contributed by atoms with Crippen LogP contribution in [0.1, 0.15) is 57.9 Å². The highest BCUT2D eigenvalue weighted by atomic mass is 35.5. The van der Waals surface area contributed by atoms with Crippen LogP contribution in [0.3, 0.4) is 0 Å². The Labute approximate surface area is 150 Å². The molecule has 1 atom stereocenters. The Bertz CT molecular complexity index is 578. The maximum atomic E-state index is 13.0. The second kappa shape index (κ2) is 7.05. The van der Waals surface area contributed by atoms with Crippen LogP contribution in [0.5, 0.6) is 0 Å². The van der Waals surface area contributed by atoms with E-state index in [-0.39, 0.29) is 11.0 Å². The van der Waals surface area contributed by atoms with Gasteiger partial charge in [-0.2, -0.15) is 0 Å². The van der Waals surface area contributed by atoms with Gasteiger partial charge in [-0.15, -0.1) is 0 Å². The van der Waals surface area contributed by atoms with Crippen molar-refractivity contribution in [2.24, 2.45) is 0 Å². The number of benzene rings is 1. The second-order valence-corrected chi connectivity index (χ2v) is 8.38. The molecule has 3 nitrogen and oxygen atoms in total. The number of rotatable bonds is 3. The molecule has 3 rings (SSSR count). The molecule has 132 valence electrons. The van der Waals surface area contributed by atoms with Crippen molar-refractivity contribution < 1.29 is 9.53 Å². The van der Waals surface area contributed by atoms with E-state index >= 15 is 0 Å². The fourth-order valence-electron chi connectivity index (χ4n) is 4.32. The molecule has 2 saturated heterocycles. The van der Waals surface area contributed by atoms with E-state index < -0.39 is 0 Å². The Morgan fingerprint density at radius 1 is 1.17 bits per heavy atom. The van der Waals surface area contributed by atoms with Crippen molar-refractivity contribution in [2.75, 3.05) is 19.7 Å². The number of likely N-dealkylation sites (tertiary alicyclic amines) is 1. The molecule has 4 heteroatoms. The van der Waals surface area contributed by atoms with Gasteiger partial charge in [0.25, 0.3) is 0 Å². The zero-order chi connectivity index (χ0) is 17.2. The van der Waals surface area contributed by atoms with E-state index in [4.69, 9.17) is 16.3 Å². The van der Waals surface area contributed by atoms with Crippen LogP contribution in [0.4, 0.5) is 0 Å². The van der Waals surface area contributed by atoms with Gasteiger partial charge in [0.15, 0.2) is 0 Å². The van der Waals surface area contributed by atoms with Crippen molar-refractivity contribution in [2.45, 2.75) is 63.4 Å². The highest BCUT2D eigenvalue weighted by Gasteiger charge is 2.44. The number of carbonyl (C=O) groups excluding carboxylic acids is 1. The summed E-state index contributed by atoms with van der Waals surface area (Å²) in [5, 5.41) is 0.738. The van der Waals surface area contributed by atoms with Crippen LogP contribution in [0.15, 0.2) is 24.3 Å². The van der Waals surface area contributed by atoms with E-state index in [0.717, 1.165) is 43.8 Å². The van der Waals surface area contributed by atoms with Gasteiger partial charge in [-0.1, -0.05) is 23.7 Å². The molecule has 0 aromatic heterocycles. The van der Waals surface area contributed by atoms with Crippen LogP contribution in [-0.4, -0.2) is 36.1 Å². The molecular weight excluding hydrogens is 322 g/mol. The molecule has 0 radical (unpaired) electrons. The van der Waals surface area contributed by atoms with Gasteiger partial charge < -0.3 is 9.64 Å². The Balaban J connectivity index is 1.87. The maximum Gasteiger partial charge on any atom is 0.223 e. The van der Waals surface area contributed by atoms with Gasteiger partial charge in [0.2, 0.25) is 5.91 Å². The van der Waals surface area contributed by atoms with Gasteiger partial charge in [-0.3, -0.25) is 4.79 Å². The Morgan fingerprint density at radius 3 is 2.46 bits per heavy atom. The van der Waals surface area contributed by atoms with Crippen LogP contribution in [-0.2, 0) is 14.9 Å². The molecule has 24 heavy (non-hydrogen) atoms. The largest absolute Gasteiger partial charge is 0.376 e. The number of carbonyl (C=O) groups is 1. The fourth-order valence-corrected chi connectivity index (χ4v) is 4.45. The molecular formula is C20H28ClNO2. The van der Waals surface area contributed by atoms with Crippen molar-refractivity contribution >= 4 is 17.5 Å². The van der Waals surface area contributed by atoms with Crippen LogP contribution in [0, 0.1) is 0 Å². The van der Waals surface area contributed by atoms with Crippen LogP contribution in [0.2, 0.25) is 5.02 Å². The van der Waals surface area contributed by atoms with E-state index in [2.05, 4.69) is 30.9 Å². The lowest BCUT2D eigenvalue weighted by molar-refractivity contribution is -0.137. The summed E-state index contributed by atoms with van der Waals surface area (Å²) >= 11 is 6.08. The number of hydrogen-bond acceptors (Lipinski definition) is 2. The number of ether oxygens (including phenoxy) is 1. The zero-order valence-electron chi connectivity index (χ0n) is 14.8. The molecule has 2 heterocycles. The summed E-state index contributed by atoms with van der Waals surface area (Å²) in [7, 11) is 0. The first-order valence-corrected chi connectivity index (χ1v) is 9.46. The summed E-state index contributed by atoms with van der Waals surface area (Å²) in [6.07, 6.45) is 5.83. The van der Waals surface area contributed by atoms with Gasteiger partial charge in [-0.25, -0.2) is 0 Å². The zero-order valence-corrected chi connectivity index (χ0v) is 15.6. The Hall–Kier alpha value is -1.06. The molecule has 0 N–H and O–H groups in total. The molecule has 0 bridgehead atoms. The minimum Gasteiger partial charge on any atom is -0.376 e. The molecule has 2 aliphatic rings. The normalized spacial score (nSPS) is 27.0. The van der Waals surface area contributed by atoms with Gasteiger partial charge >= 0.3 is 0 Å². The summed E-state index contributed by atoms with van der Waals surface area (Å²) in [6, 6.07) is 8.05. The first-order chi connectivity index (χ1) is 11.4. The van der Waals surface area contributed by atoms with Gasteiger partial charge in [0, 0.05) is 36.6 Å². The lowest BCUT2D eigenvalue weighted by atomic mass is 9.67. The predicted octanol–water partition coefficient (Wildman–Crippen LogP) is 4.57. The highest BCUT2D eigenvalue weighted by Crippen LogP contribution is 2.44. The standard InChI is InChI=1S/C20H28ClNO2/c1-19(2)15-20(10-13-24-19,16-6-8-17(21)9-7-16)14-18(23)22-11-4-3-5-12-22/h6-9H,3-5,10-15H2,1-2H3/t20-/m0/s1. The van der Waals surface area contributed by atoms with Crippen molar-refractivity contribution in [1.29, 1.82) is 0 Å². The summed E-state index contributed by atoms with van der Waals surface area (Å²) in [5.74, 6) is 0.294. The second-order valence-electron chi connectivity index (χ2n) is 7.94. The number of halogens is 1. The minimum atomic E-state index is -0.208. The average Bonchev–Trinajstić information content (AvgIpc) is 2.55. The third-order valence-electron chi connectivity index (χ3n) is 5.49. The summed E-state index contributed by atoms with van der Waals surface area (Å²) in [4.78, 5) is 15.0. The number of piperidine rings is 1. The van der Waals surface area contributed by atoms with E-state index in [9.17, 15) is 4.79 Å². The molecule has 0 spiro atoms.